The van der Waals surface area contributed by atoms with Gasteiger partial charge in [0.2, 0.25) is 11.8 Å². The van der Waals surface area contributed by atoms with E-state index in [0.717, 1.165) is 26.7 Å². The van der Waals surface area contributed by atoms with Crippen molar-refractivity contribution in [2.75, 3.05) is 10.7 Å². The molecule has 1 fully saturated rings. The summed E-state index contributed by atoms with van der Waals surface area (Å²) in [5.74, 6) is -1.21. The van der Waals surface area contributed by atoms with Crippen LogP contribution in [-0.2, 0) is 20.9 Å². The molecule has 1 aliphatic rings. The molecule has 0 radical (unpaired) electrons. The fourth-order valence-electron chi connectivity index (χ4n) is 3.10. The number of amides is 3. The summed E-state index contributed by atoms with van der Waals surface area (Å²) in [7, 11) is 0. The third kappa shape index (κ3) is 5.04. The monoisotopic (exact) mass is 474 g/mol. The van der Waals surface area contributed by atoms with Crippen LogP contribution in [0.1, 0.15) is 12.0 Å². The maximum Gasteiger partial charge on any atom is 0.257 e. The van der Waals surface area contributed by atoms with Gasteiger partial charge in [0, 0.05) is 11.0 Å². The predicted molar refractivity (Wildman–Crippen MR) is 116 cm³/mol. The van der Waals surface area contributed by atoms with Crippen molar-refractivity contribution in [3.63, 3.8) is 0 Å². The van der Waals surface area contributed by atoms with E-state index < -0.39 is 11.9 Å². The van der Waals surface area contributed by atoms with E-state index >= 15 is 0 Å². The number of benzene rings is 2. The molecule has 1 heterocycles. The summed E-state index contributed by atoms with van der Waals surface area (Å²) in [4.78, 5) is 41.1. The van der Waals surface area contributed by atoms with Gasteiger partial charge in [0.25, 0.3) is 5.91 Å². The number of nitrogens with two attached hydrogens (primary N) is 1. The van der Waals surface area contributed by atoms with E-state index in [-0.39, 0.29) is 35.7 Å². The second-order valence-corrected chi connectivity index (χ2v) is 8.36. The fourth-order valence-corrected chi connectivity index (χ4v) is 3.80. The molecule has 7 nitrogen and oxygen atoms in total. The first kappa shape index (κ1) is 21.1. The van der Waals surface area contributed by atoms with E-state index in [2.05, 4.69) is 15.9 Å². The maximum absolute atomic E-state index is 13.1. The molecule has 3 amide bonds. The van der Waals surface area contributed by atoms with E-state index in [1.807, 2.05) is 30.3 Å². The number of imide groups is 1. The lowest BCUT2D eigenvalue weighted by Crippen LogP contribution is -2.46. The molecule has 29 heavy (non-hydrogen) atoms. The van der Waals surface area contributed by atoms with Crippen LogP contribution in [0.2, 0.25) is 0 Å². The molecule has 0 aromatic heterocycles. The molecule has 1 atom stereocenters. The Morgan fingerprint density at radius 3 is 2.45 bits per heavy atom. The van der Waals surface area contributed by atoms with Crippen LogP contribution < -0.4 is 10.6 Å². The Morgan fingerprint density at radius 2 is 1.83 bits per heavy atom. The zero-order valence-electron chi connectivity index (χ0n) is 15.4. The number of nitrogens with one attached hydrogen (secondary N) is 1. The molecule has 3 N–H and O–H groups in total. The summed E-state index contributed by atoms with van der Waals surface area (Å²) in [5.41, 5.74) is 6.66. The van der Waals surface area contributed by atoms with Gasteiger partial charge in [-0.25, -0.2) is 4.90 Å². The lowest BCUT2D eigenvalue weighted by molar-refractivity contribution is -0.136. The van der Waals surface area contributed by atoms with Crippen LogP contribution in [-0.4, -0.2) is 39.6 Å². The molecule has 0 spiro atoms. The number of hydrogen-bond donors (Lipinski definition) is 2. The molecule has 1 aliphatic heterocycles. The zero-order valence-corrected chi connectivity index (χ0v) is 17.8. The van der Waals surface area contributed by atoms with Crippen molar-refractivity contribution >= 4 is 56.3 Å². The maximum atomic E-state index is 13.1. The van der Waals surface area contributed by atoms with Gasteiger partial charge in [-0.15, -0.1) is 0 Å². The summed E-state index contributed by atoms with van der Waals surface area (Å²) in [6.45, 7) is 0.190. The minimum Gasteiger partial charge on any atom is -0.379 e. The minimum atomic E-state index is -0.897. The normalized spacial score (nSPS) is 16.2. The number of rotatable bonds is 6. The molecule has 0 aliphatic carbocycles. The smallest absolute Gasteiger partial charge is 0.257 e. The SMILES string of the molecule is N=C(N)SCC(=O)N(Cc1ccccc1)[C@H]1CC(=O)N(c2ccc(Br)cc2)C1=O. The fraction of sp³-hybridized carbons (Fsp3) is 0.200. The minimum absolute atomic E-state index is 0.0710. The molecule has 150 valence electrons. The largest absolute Gasteiger partial charge is 0.379 e. The van der Waals surface area contributed by atoms with Gasteiger partial charge >= 0.3 is 0 Å². The average molecular weight is 475 g/mol. The van der Waals surface area contributed by atoms with E-state index in [4.69, 9.17) is 11.1 Å². The number of nitrogens with zero attached hydrogens (tertiary/aromatic N) is 2. The standard InChI is InChI=1S/C20H19BrN4O3S/c21-14-6-8-15(9-7-14)25-17(26)10-16(19(25)28)24(18(27)12-29-20(22)23)11-13-4-2-1-3-5-13/h1-9,16H,10-12H2,(H3,22,23)/t16-/m0/s1. The van der Waals surface area contributed by atoms with Gasteiger partial charge in [0.05, 0.1) is 17.9 Å². The van der Waals surface area contributed by atoms with Crippen molar-refractivity contribution in [3.05, 3.63) is 64.6 Å². The number of amidine groups is 1. The number of carbonyl (C=O) groups excluding carboxylic acids is 3. The third-order valence-electron chi connectivity index (χ3n) is 4.45. The van der Waals surface area contributed by atoms with Crippen LogP contribution >= 0.6 is 27.7 Å². The first-order valence-electron chi connectivity index (χ1n) is 8.79. The van der Waals surface area contributed by atoms with Crippen molar-refractivity contribution < 1.29 is 14.4 Å². The van der Waals surface area contributed by atoms with Gasteiger partial charge in [-0.1, -0.05) is 58.0 Å². The van der Waals surface area contributed by atoms with Gasteiger partial charge in [0.15, 0.2) is 5.17 Å². The van der Waals surface area contributed by atoms with Gasteiger partial charge in [-0.3, -0.25) is 19.8 Å². The number of halogens is 1. The Hall–Kier alpha value is -2.65. The lowest BCUT2D eigenvalue weighted by Gasteiger charge is -2.27. The number of carbonyl (C=O) groups is 3. The van der Waals surface area contributed by atoms with Crippen LogP contribution in [0.15, 0.2) is 59.1 Å². The molecule has 3 rings (SSSR count). The van der Waals surface area contributed by atoms with E-state index in [1.165, 1.54) is 4.90 Å². The van der Waals surface area contributed by atoms with Crippen molar-refractivity contribution in [2.24, 2.45) is 5.73 Å². The number of hydrogen-bond acceptors (Lipinski definition) is 5. The molecule has 0 unspecified atom stereocenters. The van der Waals surface area contributed by atoms with E-state index in [0.29, 0.717) is 5.69 Å². The first-order valence-corrected chi connectivity index (χ1v) is 10.6. The topological polar surface area (TPSA) is 108 Å². The first-order chi connectivity index (χ1) is 13.9. The Labute approximate surface area is 180 Å². The van der Waals surface area contributed by atoms with E-state index in [9.17, 15) is 14.4 Å². The average Bonchev–Trinajstić information content (AvgIpc) is 2.99. The van der Waals surface area contributed by atoms with Gasteiger partial charge in [-0.05, 0) is 29.8 Å². The quantitative estimate of drug-likeness (QED) is 0.380. The molecule has 0 saturated carbocycles. The molecule has 9 heteroatoms. The highest BCUT2D eigenvalue weighted by Gasteiger charge is 2.44. The molecule has 1 saturated heterocycles. The highest BCUT2D eigenvalue weighted by Crippen LogP contribution is 2.28. The molecular weight excluding hydrogens is 456 g/mol. The van der Waals surface area contributed by atoms with Crippen LogP contribution in [0.3, 0.4) is 0 Å². The highest BCUT2D eigenvalue weighted by atomic mass is 79.9. The second-order valence-electron chi connectivity index (χ2n) is 6.42. The van der Waals surface area contributed by atoms with Crippen LogP contribution in [0.4, 0.5) is 5.69 Å². The van der Waals surface area contributed by atoms with Gasteiger partial charge < -0.3 is 10.6 Å². The highest BCUT2D eigenvalue weighted by molar-refractivity contribution is 9.10. The number of thioether (sulfide) groups is 1. The lowest BCUT2D eigenvalue weighted by atomic mass is 10.1. The molecule has 0 bridgehead atoms. The Bertz CT molecular complexity index is 937. The predicted octanol–water partition coefficient (Wildman–Crippen LogP) is 2.74. The summed E-state index contributed by atoms with van der Waals surface area (Å²) in [6.07, 6.45) is -0.0851. The Kier molecular flexibility index (Phi) is 6.71. The molecular formula is C20H19BrN4O3S. The van der Waals surface area contributed by atoms with Crippen LogP contribution in [0, 0.1) is 5.41 Å². The summed E-state index contributed by atoms with van der Waals surface area (Å²) in [6, 6.07) is 15.2. The zero-order chi connectivity index (χ0) is 21.0. The number of anilines is 1. The van der Waals surface area contributed by atoms with Crippen LogP contribution in [0.25, 0.3) is 0 Å². The van der Waals surface area contributed by atoms with Crippen LogP contribution in [0.5, 0.6) is 0 Å². The van der Waals surface area contributed by atoms with Crippen molar-refractivity contribution in [3.8, 4) is 0 Å². The van der Waals surface area contributed by atoms with Gasteiger partial charge in [-0.2, -0.15) is 0 Å². The molecule has 2 aromatic carbocycles. The Balaban J connectivity index is 1.87. The van der Waals surface area contributed by atoms with Crippen molar-refractivity contribution in [2.45, 2.75) is 19.0 Å². The summed E-state index contributed by atoms with van der Waals surface area (Å²) >= 11 is 4.23. The van der Waals surface area contributed by atoms with Crippen molar-refractivity contribution in [1.29, 1.82) is 5.41 Å². The van der Waals surface area contributed by atoms with Crippen molar-refractivity contribution in [1.82, 2.24) is 4.90 Å². The Morgan fingerprint density at radius 1 is 1.17 bits per heavy atom. The second kappa shape index (κ2) is 9.23. The molecule has 2 aromatic rings. The summed E-state index contributed by atoms with van der Waals surface area (Å²) in [5, 5.41) is 7.15. The summed E-state index contributed by atoms with van der Waals surface area (Å²) < 4.78 is 0.832. The van der Waals surface area contributed by atoms with Gasteiger partial charge in [0.1, 0.15) is 6.04 Å². The van der Waals surface area contributed by atoms with E-state index in [1.54, 1.807) is 24.3 Å². The third-order valence-corrected chi connectivity index (χ3v) is 5.68.